The van der Waals surface area contributed by atoms with Crippen molar-refractivity contribution in [3.8, 4) is 0 Å². The number of ether oxygens (including phenoxy) is 1. The van der Waals surface area contributed by atoms with Crippen molar-refractivity contribution >= 4 is 45.1 Å². The smallest absolute Gasteiger partial charge is 0.328 e. The number of hydrogen-bond acceptors (Lipinski definition) is 5. The predicted octanol–water partition coefficient (Wildman–Crippen LogP) is 1.70. The molecule has 6 nitrogen and oxygen atoms in total. The second kappa shape index (κ2) is 8.14. The van der Waals surface area contributed by atoms with Gasteiger partial charge in [0.15, 0.2) is 0 Å². The third kappa shape index (κ3) is 5.47. The van der Waals surface area contributed by atoms with Crippen LogP contribution < -0.4 is 10.6 Å². The average molecular weight is 377 g/mol. The summed E-state index contributed by atoms with van der Waals surface area (Å²) in [5.41, 5.74) is 0. The van der Waals surface area contributed by atoms with E-state index in [0.29, 0.717) is 4.88 Å². The number of carbonyl (C=O) groups excluding carboxylic acids is 3. The van der Waals surface area contributed by atoms with Crippen LogP contribution in [0.4, 0.5) is 0 Å². The molecule has 0 spiro atoms. The fraction of sp³-hybridized carbons (Fsp3) is 0.462. The molecule has 0 fully saturated rings. The van der Waals surface area contributed by atoms with Gasteiger partial charge < -0.3 is 15.4 Å². The fourth-order valence-electron chi connectivity index (χ4n) is 1.43. The van der Waals surface area contributed by atoms with Crippen LogP contribution in [0, 0.1) is 0 Å². The fourth-order valence-corrected chi connectivity index (χ4v) is 2.72. The molecule has 2 N–H and O–H groups in total. The van der Waals surface area contributed by atoms with Crippen molar-refractivity contribution in [2.45, 2.75) is 32.9 Å². The molecule has 2 atom stereocenters. The highest BCUT2D eigenvalue weighted by Crippen LogP contribution is 2.21. The lowest BCUT2D eigenvalue weighted by molar-refractivity contribution is -0.147. The first-order valence-electron chi connectivity index (χ1n) is 6.38. The molecular weight excluding hydrogens is 360 g/mol. The molecule has 2 amide bonds. The molecule has 0 radical (unpaired) electrons. The topological polar surface area (TPSA) is 84.5 Å². The van der Waals surface area contributed by atoms with Gasteiger partial charge in [-0.1, -0.05) is 0 Å². The standard InChI is InChI=1S/C13H17BrN2O4S/c1-4-20-13(19)8(3)16-11(17)7(2)15-12(18)9-5-6-10(14)21-9/h5-8H,4H2,1-3H3,(H,15,18)(H,16,17)/t7-,8+/m1/s1. The van der Waals surface area contributed by atoms with E-state index in [-0.39, 0.29) is 12.5 Å². The first-order chi connectivity index (χ1) is 9.85. The molecule has 0 aliphatic rings. The van der Waals surface area contributed by atoms with Crippen LogP contribution in [0.25, 0.3) is 0 Å². The second-order valence-electron chi connectivity index (χ2n) is 4.28. The molecule has 1 rings (SSSR count). The normalized spacial score (nSPS) is 13.1. The summed E-state index contributed by atoms with van der Waals surface area (Å²) >= 11 is 4.54. The van der Waals surface area contributed by atoms with Gasteiger partial charge in [0.25, 0.3) is 5.91 Å². The zero-order valence-corrected chi connectivity index (χ0v) is 14.3. The van der Waals surface area contributed by atoms with Gasteiger partial charge >= 0.3 is 5.97 Å². The lowest BCUT2D eigenvalue weighted by atomic mass is 10.2. The molecule has 1 aromatic heterocycles. The Morgan fingerprint density at radius 1 is 1.24 bits per heavy atom. The number of nitrogens with one attached hydrogen (secondary N) is 2. The van der Waals surface area contributed by atoms with Crippen molar-refractivity contribution < 1.29 is 19.1 Å². The Morgan fingerprint density at radius 2 is 1.90 bits per heavy atom. The highest BCUT2D eigenvalue weighted by atomic mass is 79.9. The highest BCUT2D eigenvalue weighted by molar-refractivity contribution is 9.11. The second-order valence-corrected chi connectivity index (χ2v) is 6.74. The highest BCUT2D eigenvalue weighted by Gasteiger charge is 2.22. The first kappa shape index (κ1) is 17.6. The Bertz CT molecular complexity index is 532. The van der Waals surface area contributed by atoms with E-state index in [1.165, 1.54) is 18.3 Å². The molecule has 1 heterocycles. The van der Waals surface area contributed by atoms with Crippen LogP contribution in [-0.2, 0) is 14.3 Å². The van der Waals surface area contributed by atoms with Crippen molar-refractivity contribution in [1.29, 1.82) is 0 Å². The van der Waals surface area contributed by atoms with E-state index in [1.807, 2.05) is 0 Å². The van der Waals surface area contributed by atoms with Gasteiger partial charge in [-0.2, -0.15) is 0 Å². The van der Waals surface area contributed by atoms with Crippen LogP contribution in [0.15, 0.2) is 15.9 Å². The lowest BCUT2D eigenvalue weighted by Crippen LogP contribution is -2.49. The van der Waals surface area contributed by atoms with E-state index in [0.717, 1.165) is 3.79 Å². The van der Waals surface area contributed by atoms with Crippen LogP contribution in [0.3, 0.4) is 0 Å². The Morgan fingerprint density at radius 3 is 2.43 bits per heavy atom. The van der Waals surface area contributed by atoms with Crippen LogP contribution in [0.1, 0.15) is 30.4 Å². The predicted molar refractivity (Wildman–Crippen MR) is 83.2 cm³/mol. The van der Waals surface area contributed by atoms with Crippen LogP contribution in [0.2, 0.25) is 0 Å². The maximum absolute atomic E-state index is 11.9. The van der Waals surface area contributed by atoms with E-state index >= 15 is 0 Å². The molecule has 0 saturated carbocycles. The summed E-state index contributed by atoms with van der Waals surface area (Å²) in [6.07, 6.45) is 0. The average Bonchev–Trinajstić information content (AvgIpc) is 2.85. The maximum atomic E-state index is 11.9. The van der Waals surface area contributed by atoms with E-state index in [9.17, 15) is 14.4 Å². The number of carbonyl (C=O) groups is 3. The summed E-state index contributed by atoms with van der Waals surface area (Å²) in [6, 6.07) is 1.91. The number of thiophene rings is 1. The summed E-state index contributed by atoms with van der Waals surface area (Å²) in [4.78, 5) is 35.7. The summed E-state index contributed by atoms with van der Waals surface area (Å²) in [5.74, 6) is -1.29. The van der Waals surface area contributed by atoms with Crippen molar-refractivity contribution in [3.63, 3.8) is 0 Å². The lowest BCUT2D eigenvalue weighted by Gasteiger charge is -2.17. The number of hydrogen-bond donors (Lipinski definition) is 2. The van der Waals surface area contributed by atoms with Crippen molar-refractivity contribution in [2.75, 3.05) is 6.61 Å². The minimum atomic E-state index is -0.757. The van der Waals surface area contributed by atoms with Gasteiger partial charge in [0.05, 0.1) is 15.3 Å². The van der Waals surface area contributed by atoms with Crippen LogP contribution in [0.5, 0.6) is 0 Å². The van der Waals surface area contributed by atoms with Crippen molar-refractivity contribution in [2.24, 2.45) is 0 Å². The zero-order valence-electron chi connectivity index (χ0n) is 11.9. The molecule has 0 unspecified atom stereocenters. The van der Waals surface area contributed by atoms with Gasteiger partial charge in [-0.05, 0) is 48.8 Å². The van der Waals surface area contributed by atoms with Gasteiger partial charge in [-0.3, -0.25) is 9.59 Å². The Kier molecular flexibility index (Phi) is 6.83. The summed E-state index contributed by atoms with van der Waals surface area (Å²) < 4.78 is 5.63. The molecule has 116 valence electrons. The minimum Gasteiger partial charge on any atom is -0.464 e. The summed E-state index contributed by atoms with van der Waals surface area (Å²) in [5, 5.41) is 5.06. The SMILES string of the molecule is CCOC(=O)[C@H](C)NC(=O)[C@@H](C)NC(=O)c1ccc(Br)s1. The zero-order chi connectivity index (χ0) is 16.0. The molecule has 0 aromatic carbocycles. The van der Waals surface area contributed by atoms with Crippen molar-refractivity contribution in [3.05, 3.63) is 20.8 Å². The Labute approximate surface area is 135 Å². The van der Waals surface area contributed by atoms with E-state index in [1.54, 1.807) is 26.0 Å². The Balaban J connectivity index is 2.51. The van der Waals surface area contributed by atoms with E-state index in [4.69, 9.17) is 4.74 Å². The summed E-state index contributed by atoms with van der Waals surface area (Å²) in [7, 11) is 0. The maximum Gasteiger partial charge on any atom is 0.328 e. The quantitative estimate of drug-likeness (QED) is 0.739. The van der Waals surface area contributed by atoms with Gasteiger partial charge in [-0.15, -0.1) is 11.3 Å². The minimum absolute atomic E-state index is 0.249. The molecule has 21 heavy (non-hydrogen) atoms. The largest absolute Gasteiger partial charge is 0.464 e. The Hall–Kier alpha value is -1.41. The van der Waals surface area contributed by atoms with Gasteiger partial charge in [0, 0.05) is 0 Å². The molecular formula is C13H17BrN2O4S. The third-order valence-corrected chi connectivity index (χ3v) is 4.16. The monoisotopic (exact) mass is 376 g/mol. The van der Waals surface area contributed by atoms with E-state index in [2.05, 4.69) is 26.6 Å². The molecule has 0 aliphatic heterocycles. The van der Waals surface area contributed by atoms with Gasteiger partial charge in [0.1, 0.15) is 12.1 Å². The van der Waals surface area contributed by atoms with Gasteiger partial charge in [-0.25, -0.2) is 4.79 Å². The van der Waals surface area contributed by atoms with E-state index < -0.39 is 24.0 Å². The molecule has 8 heteroatoms. The third-order valence-electron chi connectivity index (χ3n) is 2.54. The molecule has 0 aliphatic carbocycles. The first-order valence-corrected chi connectivity index (χ1v) is 7.99. The molecule has 1 aromatic rings. The van der Waals surface area contributed by atoms with Crippen molar-refractivity contribution in [1.82, 2.24) is 10.6 Å². The number of esters is 1. The number of amides is 2. The number of rotatable bonds is 6. The van der Waals surface area contributed by atoms with Crippen LogP contribution in [-0.4, -0.2) is 36.5 Å². The number of halogens is 1. The molecule has 0 saturated heterocycles. The molecule has 0 bridgehead atoms. The van der Waals surface area contributed by atoms with Crippen LogP contribution >= 0.6 is 27.3 Å². The van der Waals surface area contributed by atoms with Gasteiger partial charge in [0.2, 0.25) is 5.91 Å². The summed E-state index contributed by atoms with van der Waals surface area (Å²) in [6.45, 7) is 5.02.